The number of nitrogens with zero attached hydrogens (tertiary/aromatic N) is 3. The van der Waals surface area contributed by atoms with E-state index < -0.39 is 0 Å². The number of nitriles is 2. The monoisotopic (exact) mass is 313 g/mol. The van der Waals surface area contributed by atoms with Crippen molar-refractivity contribution in [2.45, 2.75) is 19.8 Å². The molecular weight excluding hydrogens is 298 g/mol. The van der Waals surface area contributed by atoms with Crippen molar-refractivity contribution in [3.8, 4) is 12.1 Å². The Morgan fingerprint density at radius 1 is 1.12 bits per heavy atom. The van der Waals surface area contributed by atoms with Gasteiger partial charge in [0.05, 0.1) is 28.8 Å². The van der Waals surface area contributed by atoms with E-state index in [1.54, 1.807) is 24.3 Å². The first-order valence-corrected chi connectivity index (χ1v) is 7.67. The zero-order valence-corrected chi connectivity index (χ0v) is 13.3. The summed E-state index contributed by atoms with van der Waals surface area (Å²) in [5, 5.41) is 17.8. The molecule has 0 aliphatic carbocycles. The second-order valence-corrected chi connectivity index (χ2v) is 5.58. The second-order valence-electron chi connectivity index (χ2n) is 5.58. The highest BCUT2D eigenvalue weighted by Gasteiger charge is 2.21. The number of carbonyl (C=O) groups excluding carboxylic acids is 1. The molecule has 0 fully saturated rings. The predicted molar refractivity (Wildman–Crippen MR) is 90.7 cm³/mol. The maximum absolute atomic E-state index is 13.0. The van der Waals surface area contributed by atoms with E-state index in [-0.39, 0.29) is 5.78 Å². The minimum absolute atomic E-state index is 0.0658. The van der Waals surface area contributed by atoms with Crippen LogP contribution in [-0.4, -0.2) is 10.2 Å². The number of rotatable bonds is 4. The zero-order chi connectivity index (χ0) is 17.1. The Balaban J connectivity index is 2.15. The van der Waals surface area contributed by atoms with Crippen LogP contribution in [0, 0.1) is 29.6 Å². The highest BCUT2D eigenvalue weighted by atomic mass is 16.1. The quantitative estimate of drug-likeness (QED) is 0.688. The first-order chi connectivity index (χ1) is 11.7. The number of benzene rings is 1. The number of aryl methyl sites for hydroxylation is 1. The third kappa shape index (κ3) is 2.55. The number of hydrogen-bond donors (Lipinski definition) is 0. The van der Waals surface area contributed by atoms with Gasteiger partial charge in [-0.3, -0.25) is 4.79 Å². The lowest BCUT2D eigenvalue weighted by Gasteiger charge is -2.02. The normalized spacial score (nSPS) is 10.3. The van der Waals surface area contributed by atoms with E-state index in [9.17, 15) is 4.79 Å². The fourth-order valence-corrected chi connectivity index (χ4v) is 3.01. The van der Waals surface area contributed by atoms with Crippen LogP contribution in [0.15, 0.2) is 48.7 Å². The lowest BCUT2D eigenvalue weighted by Crippen LogP contribution is -2.02. The summed E-state index contributed by atoms with van der Waals surface area (Å²) in [6, 6.07) is 16.6. The molecule has 0 radical (unpaired) electrons. The van der Waals surface area contributed by atoms with Crippen LogP contribution in [0.3, 0.4) is 0 Å². The van der Waals surface area contributed by atoms with Gasteiger partial charge < -0.3 is 4.40 Å². The third-order valence-electron chi connectivity index (χ3n) is 4.19. The molecule has 3 aromatic rings. The van der Waals surface area contributed by atoms with E-state index >= 15 is 0 Å². The SMILES string of the molecule is Cc1c(C(=O)c2ccc(C#N)cc2)c2ccccn2c1CCC#N. The highest BCUT2D eigenvalue weighted by molar-refractivity contribution is 6.14. The molecule has 0 aliphatic rings. The molecule has 0 saturated heterocycles. The summed E-state index contributed by atoms with van der Waals surface area (Å²) in [5.74, 6) is -0.0658. The first-order valence-electron chi connectivity index (χ1n) is 7.67. The minimum atomic E-state index is -0.0658. The molecule has 0 amide bonds. The third-order valence-corrected chi connectivity index (χ3v) is 4.19. The number of ketones is 1. The Kier molecular flexibility index (Phi) is 4.14. The topological polar surface area (TPSA) is 69.1 Å². The van der Waals surface area contributed by atoms with Crippen LogP contribution >= 0.6 is 0 Å². The Bertz CT molecular complexity index is 998. The fourth-order valence-electron chi connectivity index (χ4n) is 3.01. The number of aromatic nitrogens is 1. The molecule has 4 heteroatoms. The van der Waals surface area contributed by atoms with Crippen LogP contribution in [0.25, 0.3) is 5.52 Å². The molecule has 2 aromatic heterocycles. The number of pyridine rings is 1. The number of hydrogen-bond acceptors (Lipinski definition) is 3. The van der Waals surface area contributed by atoms with Crippen molar-refractivity contribution in [3.63, 3.8) is 0 Å². The molecule has 116 valence electrons. The number of fused-ring (bicyclic) bond motifs is 1. The molecular formula is C20H15N3O. The summed E-state index contributed by atoms with van der Waals surface area (Å²) in [7, 11) is 0. The van der Waals surface area contributed by atoms with Gasteiger partial charge in [-0.2, -0.15) is 10.5 Å². The van der Waals surface area contributed by atoms with Gasteiger partial charge in [0.25, 0.3) is 0 Å². The highest BCUT2D eigenvalue weighted by Crippen LogP contribution is 2.26. The first kappa shape index (κ1) is 15.5. The molecule has 0 N–H and O–H groups in total. The largest absolute Gasteiger partial charge is 0.320 e. The maximum atomic E-state index is 13.0. The smallest absolute Gasteiger partial charge is 0.195 e. The minimum Gasteiger partial charge on any atom is -0.320 e. The Hall–Kier alpha value is -3.37. The molecule has 0 unspecified atom stereocenters. The van der Waals surface area contributed by atoms with Crippen LogP contribution in [0.1, 0.15) is 39.2 Å². The van der Waals surface area contributed by atoms with Gasteiger partial charge in [0, 0.05) is 30.3 Å². The lowest BCUT2D eigenvalue weighted by molar-refractivity contribution is 0.104. The summed E-state index contributed by atoms with van der Waals surface area (Å²) < 4.78 is 1.99. The molecule has 0 spiro atoms. The van der Waals surface area contributed by atoms with E-state index in [0.29, 0.717) is 29.5 Å². The van der Waals surface area contributed by atoms with E-state index in [2.05, 4.69) is 12.1 Å². The molecule has 0 saturated carbocycles. The Labute approximate surface area is 140 Å². The van der Waals surface area contributed by atoms with Crippen molar-refractivity contribution in [2.24, 2.45) is 0 Å². The standard InChI is InChI=1S/C20H15N3O/c1-14-17(6-4-11-21)23-12-3-2-5-18(23)19(14)20(24)16-9-7-15(13-22)8-10-16/h2-3,5,7-10,12H,4,6H2,1H3. The van der Waals surface area contributed by atoms with Gasteiger partial charge in [0.15, 0.2) is 5.78 Å². The van der Waals surface area contributed by atoms with Crippen LogP contribution in [0.5, 0.6) is 0 Å². The second kappa shape index (κ2) is 6.40. The Morgan fingerprint density at radius 3 is 2.54 bits per heavy atom. The summed E-state index contributed by atoms with van der Waals surface area (Å²) in [6.07, 6.45) is 2.94. The maximum Gasteiger partial charge on any atom is 0.195 e. The molecule has 2 heterocycles. The lowest BCUT2D eigenvalue weighted by atomic mass is 9.98. The zero-order valence-electron chi connectivity index (χ0n) is 13.3. The van der Waals surface area contributed by atoms with Gasteiger partial charge in [-0.15, -0.1) is 0 Å². The van der Waals surface area contributed by atoms with Crippen LogP contribution < -0.4 is 0 Å². The van der Waals surface area contributed by atoms with Crippen molar-refractivity contribution in [2.75, 3.05) is 0 Å². The number of carbonyl (C=O) groups is 1. The van der Waals surface area contributed by atoms with E-state index in [1.807, 2.05) is 35.7 Å². The molecule has 1 aromatic carbocycles. The molecule has 0 aliphatic heterocycles. The van der Waals surface area contributed by atoms with Gasteiger partial charge in [0.1, 0.15) is 0 Å². The summed E-state index contributed by atoms with van der Waals surface area (Å²) >= 11 is 0. The van der Waals surface area contributed by atoms with Crippen molar-refractivity contribution in [3.05, 3.63) is 76.6 Å². The van der Waals surface area contributed by atoms with Crippen LogP contribution in [0.4, 0.5) is 0 Å². The Morgan fingerprint density at radius 2 is 1.88 bits per heavy atom. The average Bonchev–Trinajstić information content (AvgIpc) is 2.91. The fraction of sp³-hybridized carbons (Fsp3) is 0.150. The predicted octanol–water partition coefficient (Wildman–Crippen LogP) is 3.81. The van der Waals surface area contributed by atoms with Crippen LogP contribution in [0.2, 0.25) is 0 Å². The van der Waals surface area contributed by atoms with Gasteiger partial charge >= 0.3 is 0 Å². The summed E-state index contributed by atoms with van der Waals surface area (Å²) in [4.78, 5) is 13.0. The van der Waals surface area contributed by atoms with Crippen molar-refractivity contribution < 1.29 is 4.79 Å². The van der Waals surface area contributed by atoms with Crippen molar-refractivity contribution in [1.29, 1.82) is 10.5 Å². The molecule has 0 bridgehead atoms. The van der Waals surface area contributed by atoms with E-state index in [0.717, 1.165) is 16.8 Å². The van der Waals surface area contributed by atoms with Crippen molar-refractivity contribution in [1.82, 2.24) is 4.40 Å². The molecule has 3 rings (SSSR count). The average molecular weight is 313 g/mol. The summed E-state index contributed by atoms with van der Waals surface area (Å²) in [6.45, 7) is 1.93. The van der Waals surface area contributed by atoms with Gasteiger partial charge in [-0.1, -0.05) is 6.07 Å². The van der Waals surface area contributed by atoms with Gasteiger partial charge in [-0.25, -0.2) is 0 Å². The van der Waals surface area contributed by atoms with Crippen molar-refractivity contribution >= 4 is 11.3 Å². The van der Waals surface area contributed by atoms with Gasteiger partial charge in [0.2, 0.25) is 0 Å². The summed E-state index contributed by atoms with van der Waals surface area (Å²) in [5.41, 5.74) is 4.49. The van der Waals surface area contributed by atoms with Gasteiger partial charge in [-0.05, 0) is 48.9 Å². The molecule has 24 heavy (non-hydrogen) atoms. The van der Waals surface area contributed by atoms with E-state index in [4.69, 9.17) is 10.5 Å². The molecule has 0 atom stereocenters. The molecule has 4 nitrogen and oxygen atoms in total. The van der Waals surface area contributed by atoms with Crippen LogP contribution in [-0.2, 0) is 6.42 Å². The van der Waals surface area contributed by atoms with E-state index in [1.165, 1.54) is 0 Å².